The lowest BCUT2D eigenvalue weighted by atomic mass is 10.0. The molecule has 0 aliphatic heterocycles. The second-order valence-corrected chi connectivity index (χ2v) is 9.20. The van der Waals surface area contributed by atoms with Crippen molar-refractivity contribution in [2.75, 3.05) is 18.6 Å². The molecule has 3 rings (SSSR count). The maximum Gasteiger partial charge on any atom is 0.347 e. The van der Waals surface area contributed by atoms with Crippen LogP contribution in [-0.4, -0.2) is 40.9 Å². The highest BCUT2D eigenvalue weighted by atomic mass is 16.5. The third kappa shape index (κ3) is 5.44. The van der Waals surface area contributed by atoms with Crippen LogP contribution in [0.5, 0.6) is 11.5 Å². The summed E-state index contributed by atoms with van der Waals surface area (Å²) in [6.45, 7) is 8.14. The molecule has 3 N–H and O–H groups in total. The summed E-state index contributed by atoms with van der Waals surface area (Å²) in [7, 11) is 1.60. The number of urea groups is 1. The second-order valence-electron chi connectivity index (χ2n) is 9.20. The summed E-state index contributed by atoms with van der Waals surface area (Å²) in [5, 5.41) is 10.2. The fourth-order valence-electron chi connectivity index (χ4n) is 3.95. The van der Waals surface area contributed by atoms with Crippen LogP contribution in [-0.2, 0) is 17.8 Å². The highest BCUT2D eigenvalue weighted by Gasteiger charge is 2.29. The Morgan fingerprint density at radius 2 is 1.91 bits per heavy atom. The summed E-state index contributed by atoms with van der Waals surface area (Å²) in [4.78, 5) is 25.3. The van der Waals surface area contributed by atoms with E-state index < -0.39 is 17.6 Å². The van der Waals surface area contributed by atoms with Crippen LogP contribution in [0.25, 0.3) is 10.9 Å². The van der Waals surface area contributed by atoms with E-state index in [0.717, 1.165) is 22.9 Å². The molecule has 8 heteroatoms. The maximum atomic E-state index is 12.4. The van der Waals surface area contributed by atoms with Crippen molar-refractivity contribution in [1.29, 1.82) is 0 Å². The molecule has 8 nitrogen and oxygen atoms in total. The SMILES string of the molecule is COc1c(CC(C)C)cccc1N(CCn1ccc2cc(OC(C)(C)C(=O)O)ccc21)C(N)=O. The number of carbonyl (C=O) groups excluding carboxylic acids is 1. The number of amides is 2. The number of nitrogens with zero attached hydrogens (tertiary/aromatic N) is 2. The third-order valence-corrected chi connectivity index (χ3v) is 5.66. The van der Waals surface area contributed by atoms with Gasteiger partial charge in [-0.2, -0.15) is 0 Å². The number of aromatic nitrogens is 1. The van der Waals surface area contributed by atoms with Gasteiger partial charge < -0.3 is 24.9 Å². The fraction of sp³-hybridized carbons (Fsp3) is 0.385. The predicted octanol–water partition coefficient (Wildman–Crippen LogP) is 4.68. The van der Waals surface area contributed by atoms with E-state index in [1.54, 1.807) is 19.2 Å². The van der Waals surface area contributed by atoms with Crippen molar-refractivity contribution in [2.45, 2.75) is 46.3 Å². The van der Waals surface area contributed by atoms with Gasteiger partial charge >= 0.3 is 12.0 Å². The van der Waals surface area contributed by atoms with Crippen LogP contribution in [0.15, 0.2) is 48.7 Å². The van der Waals surface area contributed by atoms with E-state index in [0.29, 0.717) is 36.2 Å². The Kier molecular flexibility index (Phi) is 7.39. The van der Waals surface area contributed by atoms with Gasteiger partial charge in [-0.1, -0.05) is 26.0 Å². The van der Waals surface area contributed by atoms with E-state index in [4.69, 9.17) is 15.2 Å². The molecule has 1 heterocycles. The Hall–Kier alpha value is -3.68. The van der Waals surface area contributed by atoms with Crippen LogP contribution in [0.1, 0.15) is 33.3 Å². The Balaban J connectivity index is 1.83. The number of hydrogen-bond donors (Lipinski definition) is 2. The first-order valence-electron chi connectivity index (χ1n) is 11.3. The van der Waals surface area contributed by atoms with Gasteiger partial charge in [0.2, 0.25) is 0 Å². The number of benzene rings is 2. The summed E-state index contributed by atoms with van der Waals surface area (Å²) in [5.74, 6) is 0.537. The topological polar surface area (TPSA) is 107 Å². The summed E-state index contributed by atoms with van der Waals surface area (Å²) in [5.41, 5.74) is 7.04. The number of carbonyl (C=O) groups is 2. The number of fused-ring (bicyclic) bond motifs is 1. The molecule has 0 spiro atoms. The Morgan fingerprint density at radius 1 is 1.18 bits per heavy atom. The van der Waals surface area contributed by atoms with Gasteiger partial charge in [-0.25, -0.2) is 9.59 Å². The number of ether oxygens (including phenoxy) is 2. The molecule has 0 saturated carbocycles. The average molecular weight is 468 g/mol. The number of hydrogen-bond acceptors (Lipinski definition) is 4. The highest BCUT2D eigenvalue weighted by Crippen LogP contribution is 2.34. The van der Waals surface area contributed by atoms with Crippen LogP contribution in [0.3, 0.4) is 0 Å². The van der Waals surface area contributed by atoms with Crippen molar-refractivity contribution in [3.8, 4) is 11.5 Å². The van der Waals surface area contributed by atoms with E-state index in [1.807, 2.05) is 41.1 Å². The van der Waals surface area contributed by atoms with Gasteiger partial charge in [0.05, 0.1) is 12.8 Å². The van der Waals surface area contributed by atoms with Crippen molar-refractivity contribution in [3.63, 3.8) is 0 Å². The minimum absolute atomic E-state index is 0.352. The largest absolute Gasteiger partial charge is 0.494 e. The predicted molar refractivity (Wildman–Crippen MR) is 133 cm³/mol. The molecular weight excluding hydrogens is 434 g/mol. The zero-order chi connectivity index (χ0) is 25.0. The first kappa shape index (κ1) is 25.0. The van der Waals surface area contributed by atoms with Crippen LogP contribution in [0.4, 0.5) is 10.5 Å². The normalized spacial score (nSPS) is 11.6. The molecule has 0 radical (unpaired) electrons. The van der Waals surface area contributed by atoms with Gasteiger partial charge in [0.1, 0.15) is 11.5 Å². The molecule has 0 fully saturated rings. The maximum absolute atomic E-state index is 12.4. The van der Waals surface area contributed by atoms with Gasteiger partial charge in [-0.3, -0.25) is 4.90 Å². The Labute approximate surface area is 199 Å². The number of carboxylic acids is 1. The van der Waals surface area contributed by atoms with E-state index in [-0.39, 0.29) is 0 Å². The fourth-order valence-corrected chi connectivity index (χ4v) is 3.95. The molecule has 3 aromatic rings. The van der Waals surface area contributed by atoms with Gasteiger partial charge in [0.25, 0.3) is 0 Å². The lowest BCUT2D eigenvalue weighted by molar-refractivity contribution is -0.152. The number of para-hydroxylation sites is 1. The molecule has 0 aliphatic rings. The highest BCUT2D eigenvalue weighted by molar-refractivity contribution is 5.92. The van der Waals surface area contributed by atoms with Gasteiger partial charge in [-0.05, 0) is 62.1 Å². The number of carboxylic acid groups (broad SMARTS) is 1. The summed E-state index contributed by atoms with van der Waals surface area (Å²) in [6.07, 6.45) is 2.75. The van der Waals surface area contributed by atoms with E-state index in [2.05, 4.69) is 13.8 Å². The molecule has 2 amide bonds. The molecule has 0 unspecified atom stereocenters. The number of rotatable bonds is 10. The van der Waals surface area contributed by atoms with E-state index in [1.165, 1.54) is 18.7 Å². The van der Waals surface area contributed by atoms with Crippen LogP contribution < -0.4 is 20.1 Å². The minimum atomic E-state index is -1.33. The molecule has 2 aromatic carbocycles. The summed E-state index contributed by atoms with van der Waals surface area (Å²) < 4.78 is 13.3. The number of nitrogens with two attached hydrogens (primary N) is 1. The molecule has 34 heavy (non-hydrogen) atoms. The molecule has 182 valence electrons. The zero-order valence-corrected chi connectivity index (χ0v) is 20.4. The van der Waals surface area contributed by atoms with Crippen LogP contribution >= 0.6 is 0 Å². The van der Waals surface area contributed by atoms with Crippen molar-refractivity contribution in [2.24, 2.45) is 11.7 Å². The molecule has 1 aromatic heterocycles. The number of methoxy groups -OCH3 is 1. The van der Waals surface area contributed by atoms with Gasteiger partial charge in [-0.15, -0.1) is 0 Å². The summed E-state index contributed by atoms with van der Waals surface area (Å²) >= 11 is 0. The lowest BCUT2D eigenvalue weighted by Gasteiger charge is -2.25. The second kappa shape index (κ2) is 10.1. The van der Waals surface area contributed by atoms with Crippen molar-refractivity contribution in [1.82, 2.24) is 4.57 Å². The van der Waals surface area contributed by atoms with Crippen LogP contribution in [0, 0.1) is 5.92 Å². The monoisotopic (exact) mass is 467 g/mol. The minimum Gasteiger partial charge on any atom is -0.494 e. The quantitative estimate of drug-likeness (QED) is 0.450. The Morgan fingerprint density at radius 3 is 2.53 bits per heavy atom. The first-order chi connectivity index (χ1) is 16.0. The van der Waals surface area contributed by atoms with Crippen molar-refractivity contribution < 1.29 is 24.2 Å². The first-order valence-corrected chi connectivity index (χ1v) is 11.3. The van der Waals surface area contributed by atoms with Crippen molar-refractivity contribution >= 4 is 28.6 Å². The Bertz CT molecular complexity index is 1180. The number of anilines is 1. The molecule has 0 atom stereocenters. The third-order valence-electron chi connectivity index (χ3n) is 5.66. The lowest BCUT2D eigenvalue weighted by Crippen LogP contribution is -2.38. The van der Waals surface area contributed by atoms with E-state index in [9.17, 15) is 14.7 Å². The zero-order valence-electron chi connectivity index (χ0n) is 20.4. The number of primary amides is 1. The molecular formula is C26H33N3O5. The molecule has 0 saturated heterocycles. The average Bonchev–Trinajstić information content (AvgIpc) is 3.15. The van der Waals surface area contributed by atoms with Crippen LogP contribution in [0.2, 0.25) is 0 Å². The summed E-state index contributed by atoms with van der Waals surface area (Å²) in [6, 6.07) is 12.6. The van der Waals surface area contributed by atoms with E-state index >= 15 is 0 Å². The standard InChI is InChI=1S/C26H33N3O5/c1-17(2)15-19-7-6-8-22(23(19)33-5)29(25(27)32)14-13-28-12-11-18-16-20(9-10-21(18)28)34-26(3,4)24(30)31/h6-12,16-17H,13-15H2,1-5H3,(H2,27,32)(H,30,31). The molecule has 0 aliphatic carbocycles. The number of aliphatic carboxylic acids is 1. The molecule has 0 bridgehead atoms. The smallest absolute Gasteiger partial charge is 0.347 e. The van der Waals surface area contributed by atoms with Gasteiger partial charge in [0, 0.05) is 30.2 Å². The van der Waals surface area contributed by atoms with Gasteiger partial charge in [0.15, 0.2) is 5.60 Å². The van der Waals surface area contributed by atoms with Crippen molar-refractivity contribution in [3.05, 3.63) is 54.2 Å².